The van der Waals surface area contributed by atoms with Crippen LogP contribution in [0.4, 0.5) is 0 Å². The first kappa shape index (κ1) is 24.6. The molecule has 1 N–H and O–H groups in total. The quantitative estimate of drug-likeness (QED) is 0.303. The molecule has 0 aromatic heterocycles. The van der Waals surface area contributed by atoms with E-state index < -0.39 is 19.7 Å². The van der Waals surface area contributed by atoms with E-state index in [1.807, 2.05) is 49.4 Å². The van der Waals surface area contributed by atoms with Crippen LogP contribution in [0, 0.1) is 6.92 Å². The van der Waals surface area contributed by atoms with E-state index in [0.29, 0.717) is 18.5 Å². The van der Waals surface area contributed by atoms with Crippen LogP contribution in [-0.2, 0) is 26.0 Å². The zero-order valence-electron chi connectivity index (χ0n) is 20.0. The maximum absolute atomic E-state index is 11.8. The van der Waals surface area contributed by atoms with Crippen LogP contribution in [0.1, 0.15) is 44.4 Å². The van der Waals surface area contributed by atoms with E-state index in [-0.39, 0.29) is 5.04 Å². The summed E-state index contributed by atoms with van der Waals surface area (Å²) in [6, 6.07) is 26.1. The van der Waals surface area contributed by atoms with Gasteiger partial charge in [-0.15, -0.1) is 0 Å². The molecule has 0 fully saturated rings. The summed E-state index contributed by atoms with van der Waals surface area (Å²) in [6.45, 7) is 10.4. The summed E-state index contributed by atoms with van der Waals surface area (Å²) in [4.78, 5) is 23.5. The van der Waals surface area contributed by atoms with Gasteiger partial charge < -0.3 is 14.3 Å². The van der Waals surface area contributed by atoms with Crippen molar-refractivity contribution in [1.29, 1.82) is 0 Å². The van der Waals surface area contributed by atoms with Crippen LogP contribution in [0.5, 0.6) is 0 Å². The SMILES string of the molecule is Cc1ccc(C(C)(C=O)C(=O)O)cc1CO[Si](c1ccccc1)(c1ccccc1)C(C)(C)C. The molecule has 3 aromatic rings. The molecule has 3 aromatic carbocycles. The topological polar surface area (TPSA) is 63.6 Å². The van der Waals surface area contributed by atoms with Crippen LogP contribution in [0.3, 0.4) is 0 Å². The average Bonchev–Trinajstić information content (AvgIpc) is 2.80. The van der Waals surface area contributed by atoms with E-state index in [0.717, 1.165) is 11.1 Å². The largest absolute Gasteiger partial charge is 0.480 e. The van der Waals surface area contributed by atoms with Crippen LogP contribution in [0.2, 0.25) is 5.04 Å². The summed E-state index contributed by atoms with van der Waals surface area (Å²) >= 11 is 0. The highest BCUT2D eigenvalue weighted by Gasteiger charge is 2.50. The minimum Gasteiger partial charge on any atom is -0.480 e. The number of carbonyl (C=O) groups is 2. The van der Waals surface area contributed by atoms with Gasteiger partial charge in [-0.25, -0.2) is 0 Å². The van der Waals surface area contributed by atoms with Gasteiger partial charge in [-0.1, -0.05) is 99.6 Å². The summed E-state index contributed by atoms with van der Waals surface area (Å²) in [7, 11) is -2.73. The van der Waals surface area contributed by atoms with Crippen LogP contribution in [0.15, 0.2) is 78.9 Å². The maximum Gasteiger partial charge on any atom is 0.321 e. The Balaban J connectivity index is 2.12. The molecule has 0 aliphatic rings. The molecule has 0 radical (unpaired) electrons. The summed E-state index contributed by atoms with van der Waals surface area (Å²) < 4.78 is 7.00. The molecule has 172 valence electrons. The number of hydrogen-bond donors (Lipinski definition) is 1. The monoisotopic (exact) mass is 460 g/mol. The van der Waals surface area contributed by atoms with Crippen LogP contribution in [0.25, 0.3) is 0 Å². The van der Waals surface area contributed by atoms with Crippen molar-refractivity contribution in [3.8, 4) is 0 Å². The van der Waals surface area contributed by atoms with Gasteiger partial charge in [0.15, 0.2) is 0 Å². The molecule has 0 saturated carbocycles. The molecule has 0 amide bonds. The van der Waals surface area contributed by atoms with E-state index in [4.69, 9.17) is 4.43 Å². The predicted octanol–water partition coefficient (Wildman–Crippen LogP) is 4.61. The highest BCUT2D eigenvalue weighted by atomic mass is 28.4. The molecular weight excluding hydrogens is 428 g/mol. The van der Waals surface area contributed by atoms with Crippen molar-refractivity contribution >= 4 is 30.9 Å². The lowest BCUT2D eigenvalue weighted by molar-refractivity contribution is -0.145. The standard InChI is InChI=1S/C28H32O4Si/c1-21-16-17-23(28(5,20-29)26(30)31)18-22(21)19-32-33(27(2,3)4,24-12-8-6-9-13-24)25-14-10-7-11-15-25/h6-18,20H,19H2,1-5H3,(H,30,31). The van der Waals surface area contributed by atoms with Crippen molar-refractivity contribution in [1.82, 2.24) is 0 Å². The first-order valence-electron chi connectivity index (χ1n) is 11.1. The van der Waals surface area contributed by atoms with Crippen LogP contribution >= 0.6 is 0 Å². The Kier molecular flexibility index (Phi) is 7.05. The van der Waals surface area contributed by atoms with Crippen LogP contribution < -0.4 is 10.4 Å². The van der Waals surface area contributed by atoms with Gasteiger partial charge in [0.05, 0.1) is 6.61 Å². The van der Waals surface area contributed by atoms with E-state index in [1.165, 1.54) is 17.3 Å². The van der Waals surface area contributed by atoms with Gasteiger partial charge in [-0.3, -0.25) is 4.79 Å². The first-order valence-corrected chi connectivity index (χ1v) is 13.0. The lowest BCUT2D eigenvalue weighted by Gasteiger charge is -2.43. The summed E-state index contributed by atoms with van der Waals surface area (Å²) in [5.74, 6) is -1.17. The Bertz CT molecular complexity index is 1080. The fourth-order valence-electron chi connectivity index (χ4n) is 4.34. The number of benzene rings is 3. The van der Waals surface area contributed by atoms with Gasteiger partial charge in [-0.05, 0) is 45.9 Å². The van der Waals surface area contributed by atoms with Crippen molar-refractivity contribution in [2.75, 3.05) is 0 Å². The number of carboxylic acids is 1. The number of aldehydes is 1. The number of aryl methyl sites for hydroxylation is 1. The van der Waals surface area contributed by atoms with Gasteiger partial charge in [-0.2, -0.15) is 0 Å². The van der Waals surface area contributed by atoms with E-state index in [1.54, 1.807) is 12.1 Å². The smallest absolute Gasteiger partial charge is 0.321 e. The molecule has 0 spiro atoms. The summed E-state index contributed by atoms with van der Waals surface area (Å²) in [6.07, 6.45) is 0.493. The third-order valence-electron chi connectivity index (χ3n) is 6.49. The number of rotatable bonds is 8. The predicted molar refractivity (Wildman–Crippen MR) is 135 cm³/mol. The summed E-state index contributed by atoms with van der Waals surface area (Å²) in [5.41, 5.74) is 0.738. The van der Waals surface area contributed by atoms with E-state index in [9.17, 15) is 14.7 Å². The zero-order chi connectivity index (χ0) is 24.3. The lowest BCUT2D eigenvalue weighted by atomic mass is 9.83. The Morgan fingerprint density at radius 1 is 0.909 bits per heavy atom. The normalized spacial score (nSPS) is 13.8. The second kappa shape index (κ2) is 9.46. The molecule has 5 heteroatoms. The molecule has 4 nitrogen and oxygen atoms in total. The molecule has 0 aliphatic carbocycles. The second-order valence-corrected chi connectivity index (χ2v) is 14.0. The number of hydrogen-bond acceptors (Lipinski definition) is 3. The van der Waals surface area contributed by atoms with Gasteiger partial charge in [0.25, 0.3) is 8.32 Å². The number of aliphatic carboxylic acids is 1. The highest BCUT2D eigenvalue weighted by molar-refractivity contribution is 6.99. The fraction of sp³-hybridized carbons (Fsp3) is 0.286. The van der Waals surface area contributed by atoms with Gasteiger partial charge in [0.2, 0.25) is 0 Å². The number of carboxylic acid groups (broad SMARTS) is 1. The zero-order valence-corrected chi connectivity index (χ0v) is 21.0. The average molecular weight is 461 g/mol. The molecule has 0 aliphatic heterocycles. The maximum atomic E-state index is 11.8. The molecule has 1 atom stereocenters. The molecule has 3 rings (SSSR count). The lowest BCUT2D eigenvalue weighted by Crippen LogP contribution is -2.66. The van der Waals surface area contributed by atoms with Crippen molar-refractivity contribution in [2.24, 2.45) is 0 Å². The summed E-state index contributed by atoms with van der Waals surface area (Å²) in [5, 5.41) is 11.8. The molecule has 1 unspecified atom stereocenters. The van der Waals surface area contributed by atoms with Gasteiger partial charge >= 0.3 is 5.97 Å². The van der Waals surface area contributed by atoms with Crippen molar-refractivity contribution < 1.29 is 19.1 Å². The Morgan fingerprint density at radius 2 is 1.42 bits per heavy atom. The fourth-order valence-corrected chi connectivity index (χ4v) is 8.87. The second-order valence-electron chi connectivity index (χ2n) is 9.72. The minimum atomic E-state index is -2.73. The third kappa shape index (κ3) is 4.56. The van der Waals surface area contributed by atoms with E-state index in [2.05, 4.69) is 45.0 Å². The molecular formula is C28H32O4Si. The molecule has 33 heavy (non-hydrogen) atoms. The Hall–Kier alpha value is -3.02. The van der Waals surface area contributed by atoms with Crippen molar-refractivity contribution in [3.63, 3.8) is 0 Å². The van der Waals surface area contributed by atoms with Crippen LogP contribution in [-0.4, -0.2) is 25.7 Å². The minimum absolute atomic E-state index is 0.167. The Morgan fingerprint density at radius 3 is 1.85 bits per heavy atom. The van der Waals surface area contributed by atoms with E-state index >= 15 is 0 Å². The molecule has 0 saturated heterocycles. The Labute approximate surface area is 197 Å². The van der Waals surface area contributed by atoms with Gasteiger partial charge in [0, 0.05) is 0 Å². The van der Waals surface area contributed by atoms with Crippen molar-refractivity contribution in [2.45, 2.75) is 51.7 Å². The third-order valence-corrected chi connectivity index (χ3v) is 11.5. The first-order chi connectivity index (χ1) is 15.6. The van der Waals surface area contributed by atoms with Gasteiger partial charge in [0.1, 0.15) is 11.7 Å². The van der Waals surface area contributed by atoms with Crippen molar-refractivity contribution in [3.05, 3.63) is 95.6 Å². The highest BCUT2D eigenvalue weighted by Crippen LogP contribution is 2.37. The molecule has 0 bridgehead atoms. The molecule has 0 heterocycles. The number of carbonyl (C=O) groups excluding carboxylic acids is 1.